The van der Waals surface area contributed by atoms with Gasteiger partial charge in [-0.3, -0.25) is 4.79 Å². The SMILES string of the molecule is O=C1Nc2cnc(Cl)nc2N2CCN(C(=O)O)C[C@H]12. The van der Waals surface area contributed by atoms with E-state index in [0.717, 1.165) is 0 Å². The Balaban J connectivity index is 1.96. The van der Waals surface area contributed by atoms with Crippen molar-refractivity contribution in [3.8, 4) is 0 Å². The van der Waals surface area contributed by atoms with Crippen molar-refractivity contribution >= 4 is 35.1 Å². The Labute approximate surface area is 113 Å². The van der Waals surface area contributed by atoms with E-state index in [2.05, 4.69) is 15.3 Å². The first kappa shape index (κ1) is 12.0. The predicted octanol–water partition coefficient (Wildman–Crippen LogP) is 0.251. The molecule has 1 fully saturated rings. The summed E-state index contributed by atoms with van der Waals surface area (Å²) in [5.41, 5.74) is 0.495. The zero-order chi connectivity index (χ0) is 13.6. The second-order valence-electron chi connectivity index (χ2n) is 4.30. The molecular weight excluding hydrogens is 274 g/mol. The van der Waals surface area contributed by atoms with Gasteiger partial charge < -0.3 is 20.2 Å². The number of hydrogen-bond acceptors (Lipinski definition) is 5. The number of halogens is 1. The molecule has 2 aliphatic rings. The number of rotatable bonds is 0. The topological polar surface area (TPSA) is 98.7 Å². The van der Waals surface area contributed by atoms with Gasteiger partial charge in [0.15, 0.2) is 5.82 Å². The third-order valence-corrected chi connectivity index (χ3v) is 3.40. The van der Waals surface area contributed by atoms with Crippen LogP contribution in [0.1, 0.15) is 0 Å². The van der Waals surface area contributed by atoms with Crippen LogP contribution in [-0.4, -0.2) is 57.7 Å². The zero-order valence-corrected chi connectivity index (χ0v) is 10.5. The smallest absolute Gasteiger partial charge is 0.407 e. The van der Waals surface area contributed by atoms with Crippen LogP contribution in [0.15, 0.2) is 6.20 Å². The van der Waals surface area contributed by atoms with Crippen molar-refractivity contribution in [1.82, 2.24) is 14.9 Å². The molecule has 19 heavy (non-hydrogen) atoms. The predicted molar refractivity (Wildman–Crippen MR) is 66.4 cm³/mol. The molecule has 2 amide bonds. The maximum absolute atomic E-state index is 12.0. The Morgan fingerprint density at radius 2 is 2.32 bits per heavy atom. The Morgan fingerprint density at radius 1 is 1.53 bits per heavy atom. The number of amides is 2. The second-order valence-corrected chi connectivity index (χ2v) is 4.64. The number of nitrogens with zero attached hydrogens (tertiary/aromatic N) is 4. The lowest BCUT2D eigenvalue weighted by molar-refractivity contribution is -0.118. The largest absolute Gasteiger partial charge is 0.465 e. The highest BCUT2D eigenvalue weighted by Crippen LogP contribution is 2.31. The highest BCUT2D eigenvalue weighted by molar-refractivity contribution is 6.28. The molecule has 1 aromatic heterocycles. The third kappa shape index (κ3) is 1.93. The van der Waals surface area contributed by atoms with E-state index in [1.165, 1.54) is 11.1 Å². The van der Waals surface area contributed by atoms with Gasteiger partial charge in [-0.1, -0.05) is 0 Å². The van der Waals surface area contributed by atoms with Crippen molar-refractivity contribution in [3.05, 3.63) is 11.5 Å². The lowest BCUT2D eigenvalue weighted by atomic mass is 10.1. The number of hydrogen-bond donors (Lipinski definition) is 2. The molecule has 1 aromatic rings. The number of anilines is 2. The third-order valence-electron chi connectivity index (χ3n) is 3.22. The number of aromatic nitrogens is 2. The first-order valence-electron chi connectivity index (χ1n) is 5.64. The summed E-state index contributed by atoms with van der Waals surface area (Å²) in [4.78, 5) is 33.8. The summed E-state index contributed by atoms with van der Waals surface area (Å²) in [5, 5.41) is 11.7. The minimum atomic E-state index is -1.03. The van der Waals surface area contributed by atoms with Crippen LogP contribution >= 0.6 is 11.6 Å². The van der Waals surface area contributed by atoms with Crippen molar-refractivity contribution in [1.29, 1.82) is 0 Å². The zero-order valence-electron chi connectivity index (χ0n) is 9.71. The van der Waals surface area contributed by atoms with E-state index in [9.17, 15) is 9.59 Å². The maximum atomic E-state index is 12.0. The van der Waals surface area contributed by atoms with Gasteiger partial charge in [0.1, 0.15) is 11.7 Å². The minimum Gasteiger partial charge on any atom is -0.465 e. The molecule has 0 radical (unpaired) electrons. The van der Waals surface area contributed by atoms with Crippen LogP contribution in [0.2, 0.25) is 5.28 Å². The molecule has 1 saturated heterocycles. The van der Waals surface area contributed by atoms with Crippen LogP contribution in [0.4, 0.5) is 16.3 Å². The van der Waals surface area contributed by atoms with Gasteiger partial charge in [0.25, 0.3) is 0 Å². The number of piperazine rings is 1. The van der Waals surface area contributed by atoms with Gasteiger partial charge in [0.2, 0.25) is 11.2 Å². The molecular formula is C10H10ClN5O3. The van der Waals surface area contributed by atoms with Crippen molar-refractivity contribution < 1.29 is 14.7 Å². The lowest BCUT2D eigenvalue weighted by Crippen LogP contribution is -2.61. The van der Waals surface area contributed by atoms with Gasteiger partial charge in [-0.05, 0) is 11.6 Å². The Kier molecular flexibility index (Phi) is 2.67. The molecule has 0 aromatic carbocycles. The molecule has 0 aliphatic carbocycles. The number of carbonyl (C=O) groups excluding carboxylic acids is 1. The highest BCUT2D eigenvalue weighted by atomic mass is 35.5. The van der Waals surface area contributed by atoms with Crippen LogP contribution in [0.25, 0.3) is 0 Å². The minimum absolute atomic E-state index is 0.0920. The average Bonchev–Trinajstić information content (AvgIpc) is 2.39. The fourth-order valence-corrected chi connectivity index (χ4v) is 2.44. The van der Waals surface area contributed by atoms with Crippen molar-refractivity contribution in [2.24, 2.45) is 0 Å². The van der Waals surface area contributed by atoms with E-state index < -0.39 is 12.1 Å². The standard InChI is InChI=1S/C10H10ClN5O3/c11-9-12-3-5-7(14-9)16-2-1-15(10(18)19)4-6(16)8(17)13-5/h3,6H,1-2,4H2,(H,13,17)(H,18,19)/t6-/m1/s1. The normalized spacial score (nSPS) is 21.5. The van der Waals surface area contributed by atoms with E-state index in [-0.39, 0.29) is 17.7 Å². The second kappa shape index (κ2) is 4.23. The highest BCUT2D eigenvalue weighted by Gasteiger charge is 2.39. The molecule has 0 saturated carbocycles. The Hall–Kier alpha value is -2.09. The first-order chi connectivity index (χ1) is 9.06. The molecule has 1 atom stereocenters. The van der Waals surface area contributed by atoms with Gasteiger partial charge in [0.05, 0.1) is 12.7 Å². The summed E-state index contributed by atoms with van der Waals surface area (Å²) >= 11 is 5.76. The summed E-state index contributed by atoms with van der Waals surface area (Å²) in [6.07, 6.45) is 0.418. The molecule has 9 heteroatoms. The molecule has 0 unspecified atom stereocenters. The fraction of sp³-hybridized carbons (Fsp3) is 0.400. The Bertz CT molecular complexity index is 566. The summed E-state index contributed by atoms with van der Waals surface area (Å²) < 4.78 is 0. The number of fused-ring (bicyclic) bond motifs is 3. The van der Waals surface area contributed by atoms with Crippen LogP contribution in [0, 0.1) is 0 Å². The number of nitrogens with one attached hydrogen (secondary N) is 1. The van der Waals surface area contributed by atoms with Gasteiger partial charge in [0, 0.05) is 13.1 Å². The summed E-state index contributed by atoms with van der Waals surface area (Å²) in [5.74, 6) is 0.277. The summed E-state index contributed by atoms with van der Waals surface area (Å²) in [7, 11) is 0. The lowest BCUT2D eigenvalue weighted by Gasteiger charge is -2.43. The number of carbonyl (C=O) groups is 2. The molecule has 0 bridgehead atoms. The van der Waals surface area contributed by atoms with Crippen molar-refractivity contribution in [2.75, 3.05) is 29.9 Å². The van der Waals surface area contributed by atoms with Crippen LogP contribution in [-0.2, 0) is 4.79 Å². The van der Waals surface area contributed by atoms with E-state index >= 15 is 0 Å². The molecule has 2 N–H and O–H groups in total. The fourth-order valence-electron chi connectivity index (χ4n) is 2.31. The Morgan fingerprint density at radius 3 is 3.05 bits per heavy atom. The number of carboxylic acid groups (broad SMARTS) is 1. The molecule has 3 heterocycles. The van der Waals surface area contributed by atoms with Crippen molar-refractivity contribution in [3.63, 3.8) is 0 Å². The van der Waals surface area contributed by atoms with Gasteiger partial charge >= 0.3 is 6.09 Å². The summed E-state index contributed by atoms with van der Waals surface area (Å²) in [6.45, 7) is 0.827. The van der Waals surface area contributed by atoms with Crippen LogP contribution < -0.4 is 10.2 Å². The molecule has 3 rings (SSSR count). The van der Waals surface area contributed by atoms with E-state index in [1.807, 2.05) is 0 Å². The van der Waals surface area contributed by atoms with Gasteiger partial charge in [-0.15, -0.1) is 0 Å². The molecule has 2 aliphatic heterocycles. The van der Waals surface area contributed by atoms with Gasteiger partial charge in [-0.25, -0.2) is 9.78 Å². The molecule has 8 nitrogen and oxygen atoms in total. The quantitative estimate of drug-likeness (QED) is 0.662. The van der Waals surface area contributed by atoms with E-state index in [4.69, 9.17) is 16.7 Å². The monoisotopic (exact) mass is 283 g/mol. The van der Waals surface area contributed by atoms with E-state index in [1.54, 1.807) is 4.90 Å². The molecule has 0 spiro atoms. The maximum Gasteiger partial charge on any atom is 0.407 e. The van der Waals surface area contributed by atoms with Crippen molar-refractivity contribution in [2.45, 2.75) is 6.04 Å². The van der Waals surface area contributed by atoms with Crippen LogP contribution in [0.5, 0.6) is 0 Å². The first-order valence-corrected chi connectivity index (χ1v) is 6.02. The van der Waals surface area contributed by atoms with Gasteiger partial charge in [-0.2, -0.15) is 4.98 Å². The molecule has 100 valence electrons. The van der Waals surface area contributed by atoms with Crippen LogP contribution in [0.3, 0.4) is 0 Å². The average molecular weight is 284 g/mol. The van der Waals surface area contributed by atoms with E-state index in [0.29, 0.717) is 24.6 Å². The summed E-state index contributed by atoms with van der Waals surface area (Å²) in [6, 6.07) is -0.580.